The Bertz CT molecular complexity index is 808. The molecule has 4 nitrogen and oxygen atoms in total. The van der Waals surface area contributed by atoms with Gasteiger partial charge in [0.1, 0.15) is 17.1 Å². The number of phenolic OH excluding ortho intramolecular Hbond substituents is 1. The minimum Gasteiger partial charge on any atom is -0.507 e. The van der Waals surface area contributed by atoms with Crippen molar-refractivity contribution >= 4 is 33.6 Å². The molecular weight excluding hydrogens is 365 g/mol. The van der Waals surface area contributed by atoms with E-state index in [2.05, 4.69) is 32.1 Å². The number of fused-ring (bicyclic) bond motifs is 1. The second-order valence-electron chi connectivity index (χ2n) is 5.07. The van der Waals surface area contributed by atoms with Gasteiger partial charge in [0.15, 0.2) is 0 Å². The molecule has 0 bridgehead atoms. The highest BCUT2D eigenvalue weighted by Crippen LogP contribution is 2.41. The van der Waals surface area contributed by atoms with E-state index in [1.54, 1.807) is 18.5 Å². The summed E-state index contributed by atoms with van der Waals surface area (Å²) in [5, 5.41) is 9.92. The first-order valence-corrected chi connectivity index (χ1v) is 7.63. The number of phenols is 1. The third-order valence-electron chi connectivity index (χ3n) is 3.61. The number of imidazole rings is 1. The fourth-order valence-electron chi connectivity index (χ4n) is 2.51. The fraction of sp³-hybridized carbons (Fsp3) is 0.200. The molecule has 20 heavy (non-hydrogen) atoms. The number of halogens is 1. The van der Waals surface area contributed by atoms with Gasteiger partial charge in [-0.15, -0.1) is 0 Å². The molecule has 0 aliphatic heterocycles. The van der Waals surface area contributed by atoms with Crippen molar-refractivity contribution in [2.24, 2.45) is 0 Å². The molecule has 1 N–H and O–H groups in total. The summed E-state index contributed by atoms with van der Waals surface area (Å²) >= 11 is 2.12. The van der Waals surface area contributed by atoms with Gasteiger partial charge in [-0.25, -0.2) is 4.98 Å². The largest absolute Gasteiger partial charge is 0.507 e. The standard InChI is InChI=1S/C15H12IN3O/c16-11-4-1-9(7-14(11)20)15-18-12-8-17-6-5-13(12)19(15)10-2-3-10/h1,4-8,10,20H,2-3H2. The van der Waals surface area contributed by atoms with Crippen LogP contribution in [0.1, 0.15) is 18.9 Å². The molecule has 0 unspecified atom stereocenters. The Labute approximate surface area is 129 Å². The maximum Gasteiger partial charge on any atom is 0.141 e. The number of rotatable bonds is 2. The van der Waals surface area contributed by atoms with Gasteiger partial charge >= 0.3 is 0 Å². The number of hydrogen-bond acceptors (Lipinski definition) is 3. The molecule has 2 aromatic heterocycles. The lowest BCUT2D eigenvalue weighted by Gasteiger charge is -2.08. The predicted molar refractivity (Wildman–Crippen MR) is 85.6 cm³/mol. The molecule has 1 aromatic carbocycles. The molecule has 1 fully saturated rings. The number of pyridine rings is 1. The highest BCUT2D eigenvalue weighted by molar-refractivity contribution is 14.1. The van der Waals surface area contributed by atoms with Gasteiger partial charge < -0.3 is 9.67 Å². The normalized spacial score (nSPS) is 14.8. The van der Waals surface area contributed by atoms with Crippen molar-refractivity contribution in [2.45, 2.75) is 18.9 Å². The molecular formula is C15H12IN3O. The fourth-order valence-corrected chi connectivity index (χ4v) is 2.84. The smallest absolute Gasteiger partial charge is 0.141 e. The zero-order valence-corrected chi connectivity index (χ0v) is 12.8. The first kappa shape index (κ1) is 12.1. The molecule has 100 valence electrons. The summed E-state index contributed by atoms with van der Waals surface area (Å²) in [4.78, 5) is 8.85. The van der Waals surface area contributed by atoms with E-state index in [4.69, 9.17) is 4.98 Å². The van der Waals surface area contributed by atoms with Crippen LogP contribution >= 0.6 is 22.6 Å². The average molecular weight is 377 g/mol. The Morgan fingerprint density at radius 2 is 2.10 bits per heavy atom. The number of nitrogens with zero attached hydrogens (tertiary/aromatic N) is 3. The van der Waals surface area contributed by atoms with Crippen LogP contribution < -0.4 is 0 Å². The van der Waals surface area contributed by atoms with Gasteiger partial charge in [-0.3, -0.25) is 4.98 Å². The summed E-state index contributed by atoms with van der Waals surface area (Å²) in [6, 6.07) is 8.25. The van der Waals surface area contributed by atoms with Crippen molar-refractivity contribution in [3.8, 4) is 17.1 Å². The van der Waals surface area contributed by atoms with Crippen LogP contribution in [0.3, 0.4) is 0 Å². The molecule has 0 saturated heterocycles. The van der Waals surface area contributed by atoms with Crippen LogP contribution in [0.2, 0.25) is 0 Å². The quantitative estimate of drug-likeness (QED) is 0.693. The van der Waals surface area contributed by atoms with Gasteiger partial charge in [0, 0.05) is 17.8 Å². The highest BCUT2D eigenvalue weighted by atomic mass is 127. The average Bonchev–Trinajstić information content (AvgIpc) is 3.22. The molecule has 5 heteroatoms. The van der Waals surface area contributed by atoms with Crippen LogP contribution in [0.15, 0.2) is 36.7 Å². The minimum absolute atomic E-state index is 0.302. The van der Waals surface area contributed by atoms with Crippen LogP contribution in [0.4, 0.5) is 0 Å². The van der Waals surface area contributed by atoms with E-state index in [0.29, 0.717) is 11.8 Å². The topological polar surface area (TPSA) is 50.9 Å². The Balaban J connectivity index is 1.98. The third kappa shape index (κ3) is 1.88. The maximum absolute atomic E-state index is 9.92. The lowest BCUT2D eigenvalue weighted by Crippen LogP contribution is -1.97. The summed E-state index contributed by atoms with van der Waals surface area (Å²) in [7, 11) is 0. The summed E-state index contributed by atoms with van der Waals surface area (Å²) in [6.07, 6.45) is 5.98. The summed E-state index contributed by atoms with van der Waals surface area (Å²) in [6.45, 7) is 0. The molecule has 3 aromatic rings. The summed E-state index contributed by atoms with van der Waals surface area (Å²) in [5.74, 6) is 1.22. The van der Waals surface area contributed by atoms with Gasteiger partial charge in [0.25, 0.3) is 0 Å². The molecule has 0 atom stereocenters. The van der Waals surface area contributed by atoms with Crippen molar-refractivity contribution in [3.05, 3.63) is 40.2 Å². The lowest BCUT2D eigenvalue weighted by molar-refractivity contribution is 0.471. The molecule has 1 saturated carbocycles. The lowest BCUT2D eigenvalue weighted by atomic mass is 10.2. The van der Waals surface area contributed by atoms with Crippen molar-refractivity contribution in [1.82, 2.24) is 14.5 Å². The molecule has 1 aliphatic carbocycles. The van der Waals surface area contributed by atoms with Crippen molar-refractivity contribution in [1.29, 1.82) is 0 Å². The molecule has 4 rings (SSSR count). The zero-order chi connectivity index (χ0) is 13.7. The van der Waals surface area contributed by atoms with Crippen molar-refractivity contribution in [3.63, 3.8) is 0 Å². The van der Waals surface area contributed by atoms with Crippen LogP contribution in [0.5, 0.6) is 5.75 Å². The SMILES string of the molecule is Oc1cc(-c2nc3cnccc3n2C2CC2)ccc1I. The highest BCUT2D eigenvalue weighted by Gasteiger charge is 2.28. The monoisotopic (exact) mass is 377 g/mol. The Morgan fingerprint density at radius 1 is 1.25 bits per heavy atom. The van der Waals surface area contributed by atoms with Gasteiger partial charge in [-0.2, -0.15) is 0 Å². The van der Waals surface area contributed by atoms with Crippen LogP contribution in [-0.4, -0.2) is 19.6 Å². The summed E-state index contributed by atoms with van der Waals surface area (Å²) in [5.41, 5.74) is 2.98. The second-order valence-corrected chi connectivity index (χ2v) is 6.23. The number of hydrogen-bond donors (Lipinski definition) is 1. The zero-order valence-electron chi connectivity index (χ0n) is 10.6. The van der Waals surface area contributed by atoms with Gasteiger partial charge in [0.05, 0.1) is 15.3 Å². The Kier molecular flexibility index (Phi) is 2.70. The van der Waals surface area contributed by atoms with Crippen molar-refractivity contribution < 1.29 is 5.11 Å². The van der Waals surface area contributed by atoms with E-state index in [-0.39, 0.29) is 0 Å². The predicted octanol–water partition coefficient (Wildman–Crippen LogP) is 3.74. The van der Waals surface area contributed by atoms with E-state index < -0.39 is 0 Å². The third-order valence-corrected chi connectivity index (χ3v) is 4.52. The molecule has 1 aliphatic rings. The first-order chi connectivity index (χ1) is 9.74. The van der Waals surface area contributed by atoms with E-state index >= 15 is 0 Å². The van der Waals surface area contributed by atoms with Crippen LogP contribution in [-0.2, 0) is 0 Å². The van der Waals surface area contributed by atoms with Gasteiger partial charge in [-0.05, 0) is 59.7 Å². The minimum atomic E-state index is 0.302. The number of benzene rings is 1. The first-order valence-electron chi connectivity index (χ1n) is 6.55. The van der Waals surface area contributed by atoms with Crippen LogP contribution in [0, 0.1) is 3.57 Å². The van der Waals surface area contributed by atoms with E-state index in [0.717, 1.165) is 26.0 Å². The van der Waals surface area contributed by atoms with Crippen molar-refractivity contribution in [2.75, 3.05) is 0 Å². The maximum atomic E-state index is 9.92. The Morgan fingerprint density at radius 3 is 2.85 bits per heavy atom. The van der Waals surface area contributed by atoms with E-state index in [9.17, 15) is 5.11 Å². The molecule has 0 radical (unpaired) electrons. The molecule has 0 spiro atoms. The van der Waals surface area contributed by atoms with Gasteiger partial charge in [0.2, 0.25) is 0 Å². The van der Waals surface area contributed by atoms with E-state index in [1.807, 2.05) is 18.2 Å². The number of aromatic hydroxyl groups is 1. The second kappa shape index (κ2) is 4.44. The number of aromatic nitrogens is 3. The molecule has 2 heterocycles. The Hall–Kier alpha value is -1.63. The molecule has 0 amide bonds. The van der Waals surface area contributed by atoms with Gasteiger partial charge in [-0.1, -0.05) is 0 Å². The van der Waals surface area contributed by atoms with E-state index in [1.165, 1.54) is 12.8 Å². The summed E-state index contributed by atoms with van der Waals surface area (Å²) < 4.78 is 3.13. The van der Waals surface area contributed by atoms with Crippen LogP contribution in [0.25, 0.3) is 22.4 Å².